The first-order valence-electron chi connectivity index (χ1n) is 9.02. The van der Waals surface area contributed by atoms with Crippen molar-refractivity contribution in [3.63, 3.8) is 0 Å². The summed E-state index contributed by atoms with van der Waals surface area (Å²) in [6.45, 7) is 4.43. The fourth-order valence-electron chi connectivity index (χ4n) is 3.44. The highest BCUT2D eigenvalue weighted by molar-refractivity contribution is 5.36. The van der Waals surface area contributed by atoms with Gasteiger partial charge in [0.25, 0.3) is 0 Å². The molecule has 0 amide bonds. The van der Waals surface area contributed by atoms with Gasteiger partial charge >= 0.3 is 0 Å². The second kappa shape index (κ2) is 7.61. The SMILES string of the molecule is CC(c1ccccc1)N1CCC(Nc2cncc(-n3cncn3)n2)CC1. The minimum absolute atomic E-state index is 0.412. The lowest BCUT2D eigenvalue weighted by Crippen LogP contribution is -2.40. The van der Waals surface area contributed by atoms with E-state index in [1.54, 1.807) is 23.4 Å². The molecule has 2 aromatic heterocycles. The summed E-state index contributed by atoms with van der Waals surface area (Å²) in [5.41, 5.74) is 1.38. The van der Waals surface area contributed by atoms with Gasteiger partial charge in [-0.2, -0.15) is 5.10 Å². The number of nitrogens with zero attached hydrogens (tertiary/aromatic N) is 6. The fourth-order valence-corrected chi connectivity index (χ4v) is 3.44. The smallest absolute Gasteiger partial charge is 0.175 e. The second-order valence-electron chi connectivity index (χ2n) is 6.64. The minimum atomic E-state index is 0.412. The van der Waals surface area contributed by atoms with Crippen LogP contribution < -0.4 is 5.32 Å². The molecule has 7 nitrogen and oxygen atoms in total. The topological polar surface area (TPSA) is 71.8 Å². The number of anilines is 1. The van der Waals surface area contributed by atoms with Crippen molar-refractivity contribution in [3.8, 4) is 5.82 Å². The first-order chi connectivity index (χ1) is 12.8. The van der Waals surface area contributed by atoms with Crippen molar-refractivity contribution in [2.45, 2.75) is 31.8 Å². The van der Waals surface area contributed by atoms with E-state index in [0.29, 0.717) is 17.9 Å². The standard InChI is InChI=1S/C19H23N7/c1-15(16-5-3-2-4-6-16)25-9-7-17(8-10-25)23-18-11-20-12-19(24-18)26-14-21-13-22-26/h2-6,11-15,17H,7-10H2,1H3,(H,23,24). The molecule has 1 aromatic carbocycles. The highest BCUT2D eigenvalue weighted by atomic mass is 15.3. The van der Waals surface area contributed by atoms with Crippen LogP contribution >= 0.6 is 0 Å². The Morgan fingerprint density at radius 2 is 1.88 bits per heavy atom. The third kappa shape index (κ3) is 3.72. The molecule has 0 spiro atoms. The van der Waals surface area contributed by atoms with E-state index >= 15 is 0 Å². The Bertz CT molecular complexity index is 811. The summed E-state index contributed by atoms with van der Waals surface area (Å²) in [5.74, 6) is 1.45. The van der Waals surface area contributed by atoms with Gasteiger partial charge in [-0.1, -0.05) is 30.3 Å². The molecule has 1 atom stereocenters. The monoisotopic (exact) mass is 349 g/mol. The molecule has 1 fully saturated rings. The van der Waals surface area contributed by atoms with Crippen LogP contribution in [0.2, 0.25) is 0 Å². The van der Waals surface area contributed by atoms with Crippen molar-refractivity contribution in [1.82, 2.24) is 29.6 Å². The zero-order valence-corrected chi connectivity index (χ0v) is 14.9. The van der Waals surface area contributed by atoms with Crippen LogP contribution in [-0.4, -0.2) is 48.8 Å². The molecule has 1 aliphatic heterocycles. The molecule has 0 saturated carbocycles. The Morgan fingerprint density at radius 3 is 2.62 bits per heavy atom. The van der Waals surface area contributed by atoms with Crippen LogP contribution in [0.5, 0.6) is 0 Å². The van der Waals surface area contributed by atoms with Crippen molar-refractivity contribution in [1.29, 1.82) is 0 Å². The lowest BCUT2D eigenvalue weighted by Gasteiger charge is -2.36. The van der Waals surface area contributed by atoms with Gasteiger partial charge in [-0.3, -0.25) is 9.88 Å². The largest absolute Gasteiger partial charge is 0.366 e. The lowest BCUT2D eigenvalue weighted by molar-refractivity contribution is 0.167. The zero-order chi connectivity index (χ0) is 17.8. The number of aromatic nitrogens is 5. The summed E-state index contributed by atoms with van der Waals surface area (Å²) in [7, 11) is 0. The third-order valence-corrected chi connectivity index (χ3v) is 4.99. The van der Waals surface area contributed by atoms with E-state index in [-0.39, 0.29) is 0 Å². The molecule has 0 bridgehead atoms. The number of hydrogen-bond acceptors (Lipinski definition) is 6. The van der Waals surface area contributed by atoms with Gasteiger partial charge in [-0.25, -0.2) is 14.6 Å². The highest BCUT2D eigenvalue weighted by Gasteiger charge is 2.23. The summed E-state index contributed by atoms with van der Waals surface area (Å²) in [4.78, 5) is 15.3. The van der Waals surface area contributed by atoms with E-state index in [0.717, 1.165) is 31.7 Å². The van der Waals surface area contributed by atoms with Crippen LogP contribution in [0.25, 0.3) is 5.82 Å². The van der Waals surface area contributed by atoms with Crippen molar-refractivity contribution in [3.05, 3.63) is 60.9 Å². The van der Waals surface area contributed by atoms with Crippen LogP contribution in [0, 0.1) is 0 Å². The van der Waals surface area contributed by atoms with Crippen LogP contribution in [-0.2, 0) is 0 Å². The van der Waals surface area contributed by atoms with Gasteiger partial charge in [-0.15, -0.1) is 0 Å². The number of hydrogen-bond donors (Lipinski definition) is 1. The van der Waals surface area contributed by atoms with Crippen molar-refractivity contribution in [2.75, 3.05) is 18.4 Å². The van der Waals surface area contributed by atoms with Gasteiger partial charge in [0.2, 0.25) is 0 Å². The molecule has 1 saturated heterocycles. The Balaban J connectivity index is 1.35. The lowest BCUT2D eigenvalue weighted by atomic mass is 10.0. The molecule has 0 radical (unpaired) electrons. The predicted molar refractivity (Wildman–Crippen MR) is 100 cm³/mol. The average molecular weight is 349 g/mol. The van der Waals surface area contributed by atoms with E-state index in [1.165, 1.54) is 11.9 Å². The number of likely N-dealkylation sites (tertiary alicyclic amines) is 1. The summed E-state index contributed by atoms with van der Waals surface area (Å²) in [6, 6.07) is 11.6. The van der Waals surface area contributed by atoms with Gasteiger partial charge in [0, 0.05) is 25.2 Å². The van der Waals surface area contributed by atoms with Gasteiger partial charge in [0.1, 0.15) is 18.5 Å². The summed E-state index contributed by atoms with van der Waals surface area (Å²) < 4.78 is 1.61. The molecular weight excluding hydrogens is 326 g/mol. The normalized spacial score (nSPS) is 17.1. The maximum atomic E-state index is 4.58. The number of piperidine rings is 1. The third-order valence-electron chi connectivity index (χ3n) is 4.99. The van der Waals surface area contributed by atoms with E-state index in [9.17, 15) is 0 Å². The molecule has 1 unspecified atom stereocenters. The molecule has 3 aromatic rings. The molecule has 7 heteroatoms. The predicted octanol–water partition coefficient (Wildman–Crippen LogP) is 2.69. The summed E-state index contributed by atoms with van der Waals surface area (Å²) in [6.07, 6.45) is 8.74. The van der Waals surface area contributed by atoms with Crippen LogP contribution in [0.4, 0.5) is 5.82 Å². The Kier molecular flexibility index (Phi) is 4.88. The maximum Gasteiger partial charge on any atom is 0.175 e. The summed E-state index contributed by atoms with van der Waals surface area (Å²) in [5, 5.41) is 7.62. The van der Waals surface area contributed by atoms with E-state index in [2.05, 4.69) is 67.5 Å². The minimum Gasteiger partial charge on any atom is -0.366 e. The Labute approximate surface area is 153 Å². The van der Waals surface area contributed by atoms with Gasteiger partial charge < -0.3 is 5.32 Å². The molecule has 1 N–H and O–H groups in total. The maximum absolute atomic E-state index is 4.58. The van der Waals surface area contributed by atoms with Crippen molar-refractivity contribution in [2.24, 2.45) is 0 Å². The number of rotatable bonds is 5. The molecule has 0 aliphatic carbocycles. The Morgan fingerprint density at radius 1 is 1.08 bits per heavy atom. The van der Waals surface area contributed by atoms with E-state index < -0.39 is 0 Å². The number of benzene rings is 1. The molecule has 26 heavy (non-hydrogen) atoms. The summed E-state index contributed by atoms with van der Waals surface area (Å²) >= 11 is 0. The van der Waals surface area contributed by atoms with Gasteiger partial charge in [0.15, 0.2) is 5.82 Å². The molecule has 4 rings (SSSR count). The Hall–Kier alpha value is -2.80. The van der Waals surface area contributed by atoms with E-state index in [1.807, 2.05) is 0 Å². The van der Waals surface area contributed by atoms with Crippen molar-refractivity contribution >= 4 is 5.82 Å². The molecule has 134 valence electrons. The molecular formula is C19H23N7. The number of nitrogens with one attached hydrogen (secondary N) is 1. The first-order valence-corrected chi connectivity index (χ1v) is 9.02. The fraction of sp³-hybridized carbons (Fsp3) is 0.368. The van der Waals surface area contributed by atoms with Crippen LogP contribution in [0.15, 0.2) is 55.4 Å². The first kappa shape index (κ1) is 16.7. The van der Waals surface area contributed by atoms with Gasteiger partial charge in [0.05, 0.1) is 12.4 Å². The highest BCUT2D eigenvalue weighted by Crippen LogP contribution is 2.25. The molecule has 3 heterocycles. The zero-order valence-electron chi connectivity index (χ0n) is 14.9. The second-order valence-corrected chi connectivity index (χ2v) is 6.64. The van der Waals surface area contributed by atoms with Crippen LogP contribution in [0.1, 0.15) is 31.4 Å². The van der Waals surface area contributed by atoms with Crippen molar-refractivity contribution < 1.29 is 0 Å². The van der Waals surface area contributed by atoms with Gasteiger partial charge in [-0.05, 0) is 25.3 Å². The quantitative estimate of drug-likeness (QED) is 0.764. The van der Waals surface area contributed by atoms with Crippen LogP contribution in [0.3, 0.4) is 0 Å². The average Bonchev–Trinajstić information content (AvgIpc) is 3.24. The van der Waals surface area contributed by atoms with E-state index in [4.69, 9.17) is 0 Å². The molecule has 1 aliphatic rings.